The van der Waals surface area contributed by atoms with Gasteiger partial charge in [0.2, 0.25) is 0 Å². The van der Waals surface area contributed by atoms with Gasteiger partial charge in [-0.1, -0.05) is 12.1 Å². The van der Waals surface area contributed by atoms with E-state index < -0.39 is 0 Å². The molecule has 1 aromatic rings. The van der Waals surface area contributed by atoms with Crippen molar-refractivity contribution in [1.29, 1.82) is 0 Å². The maximum atomic E-state index is 5.47. The predicted molar refractivity (Wildman–Crippen MR) is 105 cm³/mol. The molecule has 0 fully saturated rings. The summed E-state index contributed by atoms with van der Waals surface area (Å²) in [7, 11) is 5.08. The van der Waals surface area contributed by atoms with Gasteiger partial charge < -0.3 is 20.1 Å². The highest BCUT2D eigenvalue weighted by Crippen LogP contribution is 2.30. The number of benzene rings is 1. The third-order valence-electron chi connectivity index (χ3n) is 4.14. The Balaban J connectivity index is 2.58. The Morgan fingerprint density at radius 3 is 2.28 bits per heavy atom. The van der Waals surface area contributed by atoms with Gasteiger partial charge in [-0.2, -0.15) is 0 Å². The van der Waals surface area contributed by atoms with Crippen LogP contribution < -0.4 is 20.1 Å². The maximum absolute atomic E-state index is 5.47. The van der Waals surface area contributed by atoms with E-state index >= 15 is 0 Å². The molecule has 0 aliphatic rings. The van der Waals surface area contributed by atoms with Crippen LogP contribution in [0.2, 0.25) is 0 Å². The number of rotatable bonds is 9. The van der Waals surface area contributed by atoms with Crippen molar-refractivity contribution in [2.75, 3.05) is 34.4 Å². The normalized spacial score (nSPS) is 12.0. The Morgan fingerprint density at radius 2 is 1.76 bits per heavy atom. The maximum Gasteiger partial charge on any atom is 0.191 e. The van der Waals surface area contributed by atoms with Crippen LogP contribution in [0.3, 0.4) is 0 Å². The zero-order valence-electron chi connectivity index (χ0n) is 16.7. The van der Waals surface area contributed by atoms with E-state index in [9.17, 15) is 0 Å². The SMILES string of the molecule is CN=C(NCCN(C(C)C)C(C)C)NCc1cccc(OC)c1OC. The molecule has 6 nitrogen and oxygen atoms in total. The summed E-state index contributed by atoms with van der Waals surface area (Å²) in [6.45, 7) is 11.3. The number of para-hydroxylation sites is 1. The summed E-state index contributed by atoms with van der Waals surface area (Å²) in [5.41, 5.74) is 1.02. The van der Waals surface area contributed by atoms with E-state index in [0.717, 1.165) is 36.1 Å². The Labute approximate surface area is 152 Å². The summed E-state index contributed by atoms with van der Waals surface area (Å²) in [4.78, 5) is 6.74. The third kappa shape index (κ3) is 6.46. The fraction of sp³-hybridized carbons (Fsp3) is 0.632. The van der Waals surface area contributed by atoms with Gasteiger partial charge in [-0.05, 0) is 33.8 Å². The van der Waals surface area contributed by atoms with Crippen molar-refractivity contribution < 1.29 is 9.47 Å². The quantitative estimate of drug-likeness (QED) is 0.529. The minimum atomic E-state index is 0.526. The Morgan fingerprint density at radius 1 is 1.08 bits per heavy atom. The smallest absolute Gasteiger partial charge is 0.191 e. The van der Waals surface area contributed by atoms with Crippen LogP contribution in [0, 0.1) is 0 Å². The first-order valence-corrected chi connectivity index (χ1v) is 8.84. The van der Waals surface area contributed by atoms with Crippen LogP contribution in [0.25, 0.3) is 0 Å². The van der Waals surface area contributed by atoms with Gasteiger partial charge in [-0.15, -0.1) is 0 Å². The minimum Gasteiger partial charge on any atom is -0.493 e. The molecule has 0 aromatic heterocycles. The van der Waals surface area contributed by atoms with Crippen LogP contribution in [0.15, 0.2) is 23.2 Å². The molecule has 0 heterocycles. The molecule has 0 bridgehead atoms. The second-order valence-electron chi connectivity index (χ2n) is 6.43. The molecule has 6 heteroatoms. The van der Waals surface area contributed by atoms with E-state index in [4.69, 9.17) is 9.47 Å². The van der Waals surface area contributed by atoms with Crippen LogP contribution in [0.4, 0.5) is 0 Å². The Hall–Kier alpha value is -1.95. The van der Waals surface area contributed by atoms with Crippen LogP contribution in [-0.4, -0.2) is 57.3 Å². The van der Waals surface area contributed by atoms with Crippen LogP contribution >= 0.6 is 0 Å². The molecule has 0 radical (unpaired) electrons. The highest BCUT2D eigenvalue weighted by Gasteiger charge is 2.13. The van der Waals surface area contributed by atoms with Crippen molar-refractivity contribution in [3.05, 3.63) is 23.8 Å². The summed E-state index contributed by atoms with van der Waals surface area (Å²) < 4.78 is 10.8. The van der Waals surface area contributed by atoms with Gasteiger partial charge in [0.25, 0.3) is 0 Å². The van der Waals surface area contributed by atoms with Gasteiger partial charge in [-0.25, -0.2) is 0 Å². The van der Waals surface area contributed by atoms with E-state index in [1.54, 1.807) is 21.3 Å². The van der Waals surface area contributed by atoms with Gasteiger partial charge in [0.1, 0.15) is 0 Å². The van der Waals surface area contributed by atoms with Gasteiger partial charge in [-0.3, -0.25) is 9.89 Å². The predicted octanol–water partition coefficient (Wildman–Crippen LogP) is 2.49. The lowest BCUT2D eigenvalue weighted by Crippen LogP contribution is -2.45. The number of aliphatic imine (C=N–C) groups is 1. The molecule has 0 aliphatic heterocycles. The molecule has 25 heavy (non-hydrogen) atoms. The molecule has 0 saturated carbocycles. The fourth-order valence-corrected chi connectivity index (χ4v) is 2.91. The lowest BCUT2D eigenvalue weighted by molar-refractivity contribution is 0.178. The Kier molecular flexibility index (Phi) is 9.13. The largest absolute Gasteiger partial charge is 0.493 e. The zero-order chi connectivity index (χ0) is 18.8. The van der Waals surface area contributed by atoms with Crippen molar-refractivity contribution in [2.24, 2.45) is 4.99 Å². The zero-order valence-corrected chi connectivity index (χ0v) is 16.7. The van der Waals surface area contributed by atoms with Crippen LogP contribution in [0.5, 0.6) is 11.5 Å². The molecule has 0 amide bonds. The summed E-state index contributed by atoms with van der Waals surface area (Å²) in [5.74, 6) is 2.25. The number of hydrogen-bond acceptors (Lipinski definition) is 4. The number of nitrogens with zero attached hydrogens (tertiary/aromatic N) is 2. The fourth-order valence-electron chi connectivity index (χ4n) is 2.91. The second-order valence-corrected chi connectivity index (χ2v) is 6.43. The number of ether oxygens (including phenoxy) is 2. The monoisotopic (exact) mass is 350 g/mol. The van der Waals surface area contributed by atoms with Gasteiger partial charge in [0.15, 0.2) is 17.5 Å². The molecule has 1 aromatic carbocycles. The van der Waals surface area contributed by atoms with Gasteiger partial charge in [0.05, 0.1) is 14.2 Å². The first-order chi connectivity index (χ1) is 11.9. The second kappa shape index (κ2) is 10.8. The first kappa shape index (κ1) is 21.1. The third-order valence-corrected chi connectivity index (χ3v) is 4.14. The van der Waals surface area contributed by atoms with E-state index in [-0.39, 0.29) is 0 Å². The standard InChI is InChI=1S/C19H34N4O2/c1-14(2)23(15(3)4)12-11-21-19(20-5)22-13-16-9-8-10-17(24-6)18(16)25-7/h8-10,14-15H,11-13H2,1-7H3,(H2,20,21,22). The van der Waals surface area contributed by atoms with Gasteiger partial charge in [0, 0.05) is 44.3 Å². The number of methoxy groups -OCH3 is 2. The van der Waals surface area contributed by atoms with Crippen molar-refractivity contribution in [2.45, 2.75) is 46.3 Å². The highest BCUT2D eigenvalue weighted by atomic mass is 16.5. The average Bonchev–Trinajstić information content (AvgIpc) is 2.59. The van der Waals surface area contributed by atoms with E-state index in [0.29, 0.717) is 18.6 Å². The molecule has 0 spiro atoms. The van der Waals surface area contributed by atoms with E-state index in [1.807, 2.05) is 18.2 Å². The summed E-state index contributed by atoms with van der Waals surface area (Å²) in [5, 5.41) is 6.70. The number of guanidine groups is 1. The topological polar surface area (TPSA) is 58.1 Å². The molecule has 1 rings (SSSR count). The van der Waals surface area contributed by atoms with Crippen molar-refractivity contribution in [1.82, 2.24) is 15.5 Å². The average molecular weight is 351 g/mol. The van der Waals surface area contributed by atoms with Crippen LogP contribution in [0.1, 0.15) is 33.3 Å². The molecule has 0 unspecified atom stereocenters. The van der Waals surface area contributed by atoms with E-state index in [2.05, 4.69) is 48.2 Å². The summed E-state index contributed by atoms with van der Waals surface area (Å²) >= 11 is 0. The molecule has 0 atom stereocenters. The first-order valence-electron chi connectivity index (χ1n) is 8.84. The highest BCUT2D eigenvalue weighted by molar-refractivity contribution is 5.79. The molecular formula is C19H34N4O2. The lowest BCUT2D eigenvalue weighted by atomic mass is 10.2. The lowest BCUT2D eigenvalue weighted by Gasteiger charge is -2.30. The van der Waals surface area contributed by atoms with Crippen LogP contribution in [-0.2, 0) is 6.54 Å². The molecule has 2 N–H and O–H groups in total. The minimum absolute atomic E-state index is 0.526. The van der Waals surface area contributed by atoms with Crippen molar-refractivity contribution in [3.8, 4) is 11.5 Å². The van der Waals surface area contributed by atoms with Crippen molar-refractivity contribution in [3.63, 3.8) is 0 Å². The number of nitrogens with one attached hydrogen (secondary N) is 2. The number of hydrogen-bond donors (Lipinski definition) is 2. The molecule has 0 saturated heterocycles. The summed E-state index contributed by atoms with van der Waals surface area (Å²) in [6.07, 6.45) is 0. The molecule has 0 aliphatic carbocycles. The summed E-state index contributed by atoms with van der Waals surface area (Å²) in [6, 6.07) is 6.91. The Bertz CT molecular complexity index is 536. The van der Waals surface area contributed by atoms with E-state index in [1.165, 1.54) is 0 Å². The van der Waals surface area contributed by atoms with Crippen molar-refractivity contribution >= 4 is 5.96 Å². The van der Waals surface area contributed by atoms with Gasteiger partial charge >= 0.3 is 0 Å². The molecular weight excluding hydrogens is 316 g/mol. The molecule has 142 valence electrons.